The molecule has 0 amide bonds. The predicted molar refractivity (Wildman–Crippen MR) is 49.7 cm³/mol. The molecular formula is C8H8BrF2NO2. The first-order valence-electron chi connectivity index (χ1n) is 3.73. The van der Waals surface area contributed by atoms with Gasteiger partial charge in [0.05, 0.1) is 16.1 Å². The fourth-order valence-corrected chi connectivity index (χ4v) is 1.35. The number of hydrogen-bond donors (Lipinski definition) is 3. The normalized spacial score (nSPS) is 12.9. The number of rotatable bonds is 2. The van der Waals surface area contributed by atoms with Gasteiger partial charge >= 0.3 is 0 Å². The Kier molecular flexibility index (Phi) is 3.41. The molecule has 0 saturated carbocycles. The Morgan fingerprint density at radius 2 is 2.07 bits per heavy atom. The number of benzene rings is 1. The van der Waals surface area contributed by atoms with Gasteiger partial charge in [-0.2, -0.15) is 0 Å². The minimum absolute atomic E-state index is 0.290. The van der Waals surface area contributed by atoms with Gasteiger partial charge in [-0.1, -0.05) is 0 Å². The molecule has 3 nitrogen and oxygen atoms in total. The zero-order valence-electron chi connectivity index (χ0n) is 6.97. The SMILES string of the molecule is NCC(O)c1c(F)cc(O)c(Br)c1F. The van der Waals surface area contributed by atoms with Crippen molar-refractivity contribution >= 4 is 15.9 Å². The Hall–Kier alpha value is -0.720. The van der Waals surface area contributed by atoms with Crippen LogP contribution >= 0.6 is 15.9 Å². The maximum atomic E-state index is 13.3. The van der Waals surface area contributed by atoms with Crippen molar-refractivity contribution in [3.63, 3.8) is 0 Å². The summed E-state index contributed by atoms with van der Waals surface area (Å²) in [6.07, 6.45) is -1.42. The quantitative estimate of drug-likeness (QED) is 0.711. The summed E-state index contributed by atoms with van der Waals surface area (Å²) in [5.74, 6) is -2.63. The average molecular weight is 268 g/mol. The maximum absolute atomic E-state index is 13.3. The van der Waals surface area contributed by atoms with Crippen molar-refractivity contribution < 1.29 is 19.0 Å². The van der Waals surface area contributed by atoms with Gasteiger partial charge in [0.25, 0.3) is 0 Å². The third-order valence-corrected chi connectivity index (χ3v) is 2.49. The summed E-state index contributed by atoms with van der Waals surface area (Å²) in [5.41, 5.74) is 4.52. The first-order valence-corrected chi connectivity index (χ1v) is 4.52. The first kappa shape index (κ1) is 11.4. The Morgan fingerprint density at radius 3 is 2.57 bits per heavy atom. The van der Waals surface area contributed by atoms with E-state index in [2.05, 4.69) is 15.9 Å². The highest BCUT2D eigenvalue weighted by Gasteiger charge is 2.21. The fourth-order valence-electron chi connectivity index (χ4n) is 1.02. The van der Waals surface area contributed by atoms with Crippen LogP contribution in [0.2, 0.25) is 0 Å². The highest BCUT2D eigenvalue weighted by molar-refractivity contribution is 9.10. The van der Waals surface area contributed by atoms with E-state index in [9.17, 15) is 13.9 Å². The minimum Gasteiger partial charge on any atom is -0.507 e. The summed E-state index contributed by atoms with van der Waals surface area (Å²) in [5, 5.41) is 18.2. The summed E-state index contributed by atoms with van der Waals surface area (Å²) >= 11 is 2.72. The zero-order chi connectivity index (χ0) is 10.9. The van der Waals surface area contributed by atoms with Crippen LogP contribution in [0.4, 0.5) is 8.78 Å². The lowest BCUT2D eigenvalue weighted by atomic mass is 10.1. The van der Waals surface area contributed by atoms with Crippen LogP contribution in [0, 0.1) is 11.6 Å². The molecule has 0 aromatic heterocycles. The van der Waals surface area contributed by atoms with Gasteiger partial charge in [-0.15, -0.1) is 0 Å². The summed E-state index contributed by atoms with van der Waals surface area (Å²) in [6, 6.07) is 0.710. The van der Waals surface area contributed by atoms with Crippen LogP contribution in [0.3, 0.4) is 0 Å². The lowest BCUT2D eigenvalue weighted by Gasteiger charge is -2.12. The Morgan fingerprint density at radius 1 is 1.50 bits per heavy atom. The molecule has 14 heavy (non-hydrogen) atoms. The molecule has 78 valence electrons. The zero-order valence-corrected chi connectivity index (χ0v) is 8.55. The molecule has 0 bridgehead atoms. The van der Waals surface area contributed by atoms with Crippen LogP contribution in [0.15, 0.2) is 10.5 Å². The van der Waals surface area contributed by atoms with E-state index >= 15 is 0 Å². The summed E-state index contributed by atoms with van der Waals surface area (Å²) < 4.78 is 26.1. The monoisotopic (exact) mass is 267 g/mol. The van der Waals surface area contributed by atoms with Gasteiger partial charge in [0.15, 0.2) is 0 Å². The van der Waals surface area contributed by atoms with Gasteiger partial charge in [-0.25, -0.2) is 8.78 Å². The van der Waals surface area contributed by atoms with Crippen LogP contribution in [0.5, 0.6) is 5.75 Å². The molecule has 1 unspecified atom stereocenters. The highest BCUT2D eigenvalue weighted by atomic mass is 79.9. The van der Waals surface area contributed by atoms with Gasteiger partial charge < -0.3 is 15.9 Å². The van der Waals surface area contributed by atoms with Crippen molar-refractivity contribution in [3.05, 3.63) is 27.7 Å². The number of phenolic OH excluding ortho intramolecular Hbond substituents is 1. The van der Waals surface area contributed by atoms with Crippen molar-refractivity contribution in [2.45, 2.75) is 6.10 Å². The molecule has 1 aromatic rings. The number of hydrogen-bond acceptors (Lipinski definition) is 3. The second kappa shape index (κ2) is 4.20. The Bertz CT molecular complexity index is 360. The molecule has 4 N–H and O–H groups in total. The molecule has 0 aliphatic carbocycles. The van der Waals surface area contributed by atoms with E-state index in [0.717, 1.165) is 0 Å². The molecule has 0 spiro atoms. The second-order valence-corrected chi connectivity index (χ2v) is 3.46. The van der Waals surface area contributed by atoms with Crippen molar-refractivity contribution in [1.82, 2.24) is 0 Å². The number of aliphatic hydroxyl groups is 1. The van der Waals surface area contributed by atoms with Gasteiger partial charge in [-0.3, -0.25) is 0 Å². The summed E-state index contributed by atoms with van der Waals surface area (Å²) in [6.45, 7) is -0.301. The molecule has 0 aliphatic heterocycles. The molecule has 0 radical (unpaired) electrons. The maximum Gasteiger partial charge on any atom is 0.149 e. The van der Waals surface area contributed by atoms with Crippen molar-refractivity contribution in [1.29, 1.82) is 0 Å². The van der Waals surface area contributed by atoms with E-state index in [-0.39, 0.29) is 11.0 Å². The molecule has 0 saturated heterocycles. The molecule has 1 aromatic carbocycles. The highest BCUT2D eigenvalue weighted by Crippen LogP contribution is 2.33. The summed E-state index contributed by atoms with van der Waals surface area (Å²) in [4.78, 5) is 0. The third-order valence-electron chi connectivity index (χ3n) is 1.73. The smallest absolute Gasteiger partial charge is 0.149 e. The minimum atomic E-state index is -1.42. The van der Waals surface area contributed by atoms with E-state index in [1.807, 2.05) is 0 Å². The van der Waals surface area contributed by atoms with Crippen LogP contribution in [0.25, 0.3) is 0 Å². The van der Waals surface area contributed by atoms with Crippen LogP contribution in [-0.4, -0.2) is 16.8 Å². The topological polar surface area (TPSA) is 66.5 Å². The second-order valence-electron chi connectivity index (χ2n) is 2.67. The van der Waals surface area contributed by atoms with Crippen LogP contribution in [-0.2, 0) is 0 Å². The molecule has 6 heteroatoms. The fraction of sp³-hybridized carbons (Fsp3) is 0.250. The van der Waals surface area contributed by atoms with E-state index in [1.165, 1.54) is 0 Å². The average Bonchev–Trinajstić information content (AvgIpc) is 2.14. The number of aromatic hydroxyl groups is 1. The van der Waals surface area contributed by atoms with Gasteiger partial charge in [0.1, 0.15) is 17.4 Å². The standard InChI is InChI=1S/C8H8BrF2NO2/c9-7-4(13)1-3(10)6(8(7)11)5(14)2-12/h1,5,13-14H,2,12H2. The molecular weight excluding hydrogens is 260 g/mol. The number of halogens is 3. The first-order chi connectivity index (χ1) is 6.49. The van der Waals surface area contributed by atoms with Crippen molar-refractivity contribution in [2.75, 3.05) is 6.54 Å². The van der Waals surface area contributed by atoms with E-state index in [1.54, 1.807) is 0 Å². The Balaban J connectivity index is 3.36. The summed E-state index contributed by atoms with van der Waals surface area (Å²) in [7, 11) is 0. The molecule has 0 fully saturated rings. The molecule has 0 aliphatic rings. The van der Waals surface area contributed by atoms with E-state index < -0.39 is 29.1 Å². The van der Waals surface area contributed by atoms with Crippen molar-refractivity contribution in [3.8, 4) is 5.75 Å². The van der Waals surface area contributed by atoms with Crippen LogP contribution < -0.4 is 5.73 Å². The molecule has 0 heterocycles. The number of aliphatic hydroxyl groups excluding tert-OH is 1. The van der Waals surface area contributed by atoms with Gasteiger partial charge in [0.2, 0.25) is 0 Å². The van der Waals surface area contributed by atoms with Gasteiger partial charge in [0, 0.05) is 12.6 Å². The lowest BCUT2D eigenvalue weighted by molar-refractivity contribution is 0.176. The third kappa shape index (κ3) is 1.87. The number of nitrogens with two attached hydrogens (primary N) is 1. The van der Waals surface area contributed by atoms with E-state index in [4.69, 9.17) is 10.8 Å². The predicted octanol–water partition coefficient (Wildman–Crippen LogP) is 1.42. The van der Waals surface area contributed by atoms with E-state index in [0.29, 0.717) is 6.07 Å². The molecule has 1 rings (SSSR count). The number of phenols is 1. The lowest BCUT2D eigenvalue weighted by Crippen LogP contribution is -2.15. The van der Waals surface area contributed by atoms with Crippen molar-refractivity contribution in [2.24, 2.45) is 5.73 Å². The van der Waals surface area contributed by atoms with Gasteiger partial charge in [-0.05, 0) is 15.9 Å². The Labute approximate surface area is 87.3 Å². The van der Waals surface area contributed by atoms with Crippen LogP contribution in [0.1, 0.15) is 11.7 Å². The molecule has 1 atom stereocenters. The largest absolute Gasteiger partial charge is 0.507 e.